The second kappa shape index (κ2) is 16.5. The molecule has 2 aliphatic heterocycles. The molecule has 3 aromatic carbocycles. The SMILES string of the molecule is NC1CCCC1(CC1c2cc(O)c(OC3(O)OC(CO)C(O)C(O)C3O)cc2N(C(=O)C=Cc2ccc(O)c(C3CCC(CO)c4nc[nH]c43)c2)C1C(=O)O)c1ccccc1. The molecule has 1 amide bonds. The Morgan fingerprint density at radius 3 is 2.43 bits per heavy atom. The Kier molecular flexibility index (Phi) is 11.4. The summed E-state index contributed by atoms with van der Waals surface area (Å²) in [6, 6.07) is 14.8. The number of aliphatic carboxylic acids is 1. The van der Waals surface area contributed by atoms with Gasteiger partial charge in [-0.05, 0) is 73.1 Å². The third-order valence-corrected chi connectivity index (χ3v) is 13.2. The normalized spacial score (nSPS) is 32.2. The van der Waals surface area contributed by atoms with E-state index in [9.17, 15) is 55.5 Å². The summed E-state index contributed by atoms with van der Waals surface area (Å²) < 4.78 is 10.9. The Bertz CT molecular complexity index is 2300. The number of fused-ring (bicyclic) bond motifs is 2. The van der Waals surface area contributed by atoms with Gasteiger partial charge in [-0.2, -0.15) is 0 Å². The van der Waals surface area contributed by atoms with Crippen LogP contribution >= 0.6 is 0 Å². The monoisotopic (exact) mass is 842 g/mol. The number of anilines is 1. The maximum absolute atomic E-state index is 14.6. The summed E-state index contributed by atoms with van der Waals surface area (Å²) in [5.41, 5.74) is 9.85. The molecule has 12 N–H and O–H groups in total. The molecule has 324 valence electrons. The molecular weight excluding hydrogens is 792 g/mol. The van der Waals surface area contributed by atoms with Crippen molar-refractivity contribution in [3.63, 3.8) is 0 Å². The maximum Gasteiger partial charge on any atom is 0.355 e. The standard InChI is InChI=1S/C44H50N4O13/c45-34-7-4-14-43(34,24-5-2-1-3-6-24)18-28-26-16-31(52)32(60-44(59)41(56)40(55)39(54)33(20-50)61-44)17-29(26)48(38(28)42(57)58)35(53)13-9-22-8-12-30(51)27(15-22)25-11-10-23(19-49)36-37(25)47-21-46-36/h1-3,5-6,8-9,12-13,15-17,21,23,25,28,33-34,38-41,49-52,54-56,59H,4,7,10-11,14,18-20,45H2,(H,46,47)(H,57,58). The summed E-state index contributed by atoms with van der Waals surface area (Å²) in [6.45, 7) is -0.965. The number of H-pyrrole nitrogens is 1. The number of aromatic nitrogens is 2. The molecule has 17 heteroatoms. The van der Waals surface area contributed by atoms with Crippen molar-refractivity contribution in [2.45, 2.75) is 104 Å². The van der Waals surface area contributed by atoms with Crippen LogP contribution < -0.4 is 15.4 Å². The zero-order valence-electron chi connectivity index (χ0n) is 33.0. The van der Waals surface area contributed by atoms with Crippen LogP contribution in [0.4, 0.5) is 5.69 Å². The average Bonchev–Trinajstić information content (AvgIpc) is 3.98. The summed E-state index contributed by atoms with van der Waals surface area (Å²) in [5.74, 6) is -7.84. The minimum Gasteiger partial charge on any atom is -0.508 e. The Hall–Kier alpha value is -5.37. The van der Waals surface area contributed by atoms with Gasteiger partial charge in [0.2, 0.25) is 0 Å². The molecule has 1 saturated heterocycles. The second-order valence-corrected chi connectivity index (χ2v) is 16.6. The number of ether oxygens (including phenoxy) is 2. The first-order valence-electron chi connectivity index (χ1n) is 20.3. The lowest BCUT2D eigenvalue weighted by Crippen LogP contribution is -2.67. The molecule has 1 aromatic heterocycles. The fraction of sp³-hybridized carbons (Fsp3) is 0.432. The van der Waals surface area contributed by atoms with E-state index < -0.39 is 77.7 Å². The molecular formula is C44H50N4O13. The Balaban J connectivity index is 1.19. The van der Waals surface area contributed by atoms with Gasteiger partial charge < -0.3 is 66.2 Å². The van der Waals surface area contributed by atoms with E-state index in [1.165, 1.54) is 24.3 Å². The van der Waals surface area contributed by atoms with Gasteiger partial charge >= 0.3 is 11.9 Å². The van der Waals surface area contributed by atoms with Gasteiger partial charge in [0.25, 0.3) is 5.91 Å². The molecule has 3 heterocycles. The summed E-state index contributed by atoms with van der Waals surface area (Å²) in [5, 5.41) is 95.8. The summed E-state index contributed by atoms with van der Waals surface area (Å²) >= 11 is 0. The third-order valence-electron chi connectivity index (χ3n) is 13.2. The van der Waals surface area contributed by atoms with Crippen molar-refractivity contribution in [1.29, 1.82) is 0 Å². The highest BCUT2D eigenvalue weighted by molar-refractivity contribution is 6.10. The van der Waals surface area contributed by atoms with E-state index in [1.807, 2.05) is 30.3 Å². The topological polar surface area (TPSA) is 293 Å². The van der Waals surface area contributed by atoms with Gasteiger partial charge in [-0.1, -0.05) is 42.8 Å². The molecule has 11 atom stereocenters. The van der Waals surface area contributed by atoms with Crippen molar-refractivity contribution in [2.24, 2.45) is 5.73 Å². The number of aromatic hydroxyl groups is 2. The zero-order valence-corrected chi connectivity index (χ0v) is 33.0. The number of phenols is 2. The first-order chi connectivity index (χ1) is 29.2. The van der Waals surface area contributed by atoms with Gasteiger partial charge in [0.1, 0.15) is 30.1 Å². The quantitative estimate of drug-likeness (QED) is 0.0758. The van der Waals surface area contributed by atoms with Crippen LogP contribution in [0.1, 0.15) is 89.9 Å². The Morgan fingerprint density at radius 2 is 1.74 bits per heavy atom. The molecule has 0 radical (unpaired) electrons. The van der Waals surface area contributed by atoms with Gasteiger partial charge in [0.15, 0.2) is 17.6 Å². The molecule has 8 rings (SSSR count). The minimum absolute atomic E-state index is 0.0124. The van der Waals surface area contributed by atoms with Gasteiger partial charge in [0.05, 0.1) is 30.9 Å². The number of carboxylic acid groups (broad SMARTS) is 1. The predicted molar refractivity (Wildman–Crippen MR) is 217 cm³/mol. The van der Waals surface area contributed by atoms with E-state index in [4.69, 9.17) is 15.2 Å². The maximum atomic E-state index is 14.6. The molecule has 4 aliphatic rings. The number of nitrogens with one attached hydrogen (secondary N) is 1. The van der Waals surface area contributed by atoms with Gasteiger partial charge in [-0.25, -0.2) is 9.78 Å². The van der Waals surface area contributed by atoms with Crippen molar-refractivity contribution < 1.29 is 65.0 Å². The summed E-state index contributed by atoms with van der Waals surface area (Å²) in [7, 11) is 0. The highest BCUT2D eigenvalue weighted by Crippen LogP contribution is 2.55. The van der Waals surface area contributed by atoms with Crippen molar-refractivity contribution >= 4 is 23.6 Å². The number of imidazole rings is 1. The molecule has 61 heavy (non-hydrogen) atoms. The number of aliphatic hydroxyl groups excluding tert-OH is 5. The predicted octanol–water partition coefficient (Wildman–Crippen LogP) is 1.76. The van der Waals surface area contributed by atoms with Crippen LogP contribution in [-0.2, 0) is 19.7 Å². The van der Waals surface area contributed by atoms with Crippen LogP contribution in [0.15, 0.2) is 73.1 Å². The number of nitrogens with zero attached hydrogens (tertiary/aromatic N) is 2. The number of carbonyl (C=O) groups is 2. The first-order valence-corrected chi connectivity index (χ1v) is 20.3. The average molecular weight is 843 g/mol. The fourth-order valence-corrected chi connectivity index (χ4v) is 10.0. The fourth-order valence-electron chi connectivity index (χ4n) is 10.0. The lowest BCUT2D eigenvalue weighted by atomic mass is 9.68. The van der Waals surface area contributed by atoms with Crippen molar-refractivity contribution in [3.8, 4) is 17.2 Å². The highest BCUT2D eigenvalue weighted by atomic mass is 16.8. The van der Waals surface area contributed by atoms with Crippen molar-refractivity contribution in [3.05, 3.63) is 107 Å². The molecule has 2 aliphatic carbocycles. The van der Waals surface area contributed by atoms with E-state index in [-0.39, 0.29) is 47.9 Å². The number of rotatable bonds is 11. The molecule has 4 aromatic rings. The van der Waals surface area contributed by atoms with Gasteiger partial charge in [0, 0.05) is 52.6 Å². The highest BCUT2D eigenvalue weighted by Gasteiger charge is 2.56. The Labute approximate surface area is 350 Å². The van der Waals surface area contributed by atoms with E-state index >= 15 is 0 Å². The number of carbonyl (C=O) groups excluding carboxylic acids is 1. The number of amides is 1. The lowest BCUT2D eigenvalue weighted by Gasteiger charge is -2.44. The number of hydrogen-bond donors (Lipinski definition) is 11. The number of phenolic OH excluding ortho intramolecular Hbond substituents is 2. The van der Waals surface area contributed by atoms with Gasteiger partial charge in [-0.3, -0.25) is 9.69 Å². The number of benzene rings is 3. The number of aromatic amines is 1. The zero-order chi connectivity index (χ0) is 43.4. The molecule has 0 spiro atoms. The molecule has 17 nitrogen and oxygen atoms in total. The number of hydrogen-bond acceptors (Lipinski definition) is 14. The first kappa shape index (κ1) is 42.3. The van der Waals surface area contributed by atoms with Crippen LogP contribution in [0, 0.1) is 0 Å². The van der Waals surface area contributed by atoms with Crippen molar-refractivity contribution in [1.82, 2.24) is 9.97 Å². The largest absolute Gasteiger partial charge is 0.508 e. The van der Waals surface area contributed by atoms with Crippen LogP contribution in [-0.4, -0.2) is 123 Å². The van der Waals surface area contributed by atoms with Crippen LogP contribution in [0.2, 0.25) is 0 Å². The van der Waals surface area contributed by atoms with E-state index in [1.54, 1.807) is 18.5 Å². The second-order valence-electron chi connectivity index (χ2n) is 16.6. The van der Waals surface area contributed by atoms with E-state index in [0.29, 0.717) is 36.8 Å². The molecule has 1 saturated carbocycles. The van der Waals surface area contributed by atoms with E-state index in [2.05, 4.69) is 9.97 Å². The van der Waals surface area contributed by atoms with Crippen LogP contribution in [0.5, 0.6) is 17.2 Å². The Morgan fingerprint density at radius 1 is 0.967 bits per heavy atom. The summed E-state index contributed by atoms with van der Waals surface area (Å²) in [4.78, 5) is 36.7. The minimum atomic E-state index is -3.13. The molecule has 0 bridgehead atoms. The van der Waals surface area contributed by atoms with Crippen LogP contribution in [0.25, 0.3) is 6.08 Å². The number of carboxylic acids is 1. The van der Waals surface area contributed by atoms with Crippen LogP contribution in [0.3, 0.4) is 0 Å². The smallest absolute Gasteiger partial charge is 0.355 e. The molecule has 2 fully saturated rings. The van der Waals surface area contributed by atoms with E-state index in [0.717, 1.165) is 34.3 Å². The van der Waals surface area contributed by atoms with Gasteiger partial charge in [-0.15, -0.1) is 0 Å². The number of aliphatic hydroxyl groups is 6. The molecule has 11 unspecified atom stereocenters. The third kappa shape index (κ3) is 7.34. The lowest BCUT2D eigenvalue weighted by molar-refractivity contribution is -0.422. The van der Waals surface area contributed by atoms with Crippen molar-refractivity contribution in [2.75, 3.05) is 18.1 Å². The summed E-state index contributed by atoms with van der Waals surface area (Å²) in [6.07, 6.45) is -0.107. The number of nitrogens with two attached hydrogens (primary N) is 1.